The van der Waals surface area contributed by atoms with E-state index >= 15 is 0 Å². The number of fused-ring (bicyclic) bond motifs is 1. The molecule has 20 heavy (non-hydrogen) atoms. The highest BCUT2D eigenvalue weighted by Gasteiger charge is 1.98. The monoisotopic (exact) mass is 284 g/mol. The SMILES string of the molecule is COc1ccc2cc(/C=N\n3cn[nH]c3=S)ccc2c1. The second-order valence-electron chi connectivity index (χ2n) is 4.22. The number of hydrogen-bond acceptors (Lipinski definition) is 4. The molecule has 0 saturated carbocycles. The standard InChI is InChI=1S/C14H12N4OS/c1-19-13-5-4-11-6-10(2-3-12(11)7-13)8-16-18-9-15-17-14(18)20/h2-9H,1H3,(H,17,20)/b16-8-. The largest absolute Gasteiger partial charge is 0.497 e. The lowest BCUT2D eigenvalue weighted by atomic mass is 10.1. The summed E-state index contributed by atoms with van der Waals surface area (Å²) in [7, 11) is 1.66. The number of nitrogens with zero attached hydrogens (tertiary/aromatic N) is 3. The highest BCUT2D eigenvalue weighted by Crippen LogP contribution is 2.21. The zero-order valence-electron chi connectivity index (χ0n) is 10.8. The number of rotatable bonds is 3. The van der Waals surface area contributed by atoms with E-state index in [-0.39, 0.29) is 0 Å². The van der Waals surface area contributed by atoms with Gasteiger partial charge in [-0.1, -0.05) is 18.2 Å². The Labute approximate surface area is 120 Å². The number of aromatic nitrogens is 3. The molecular formula is C14H12N4OS. The van der Waals surface area contributed by atoms with Gasteiger partial charge in [-0.2, -0.15) is 14.9 Å². The lowest BCUT2D eigenvalue weighted by Gasteiger charge is -2.03. The molecule has 0 spiro atoms. The topological polar surface area (TPSA) is 55.2 Å². The number of H-pyrrole nitrogens is 1. The van der Waals surface area contributed by atoms with Crippen molar-refractivity contribution < 1.29 is 4.74 Å². The van der Waals surface area contributed by atoms with Crippen molar-refractivity contribution in [3.05, 3.63) is 53.1 Å². The van der Waals surface area contributed by atoms with Crippen LogP contribution in [0.1, 0.15) is 5.56 Å². The van der Waals surface area contributed by atoms with Gasteiger partial charge in [-0.25, -0.2) is 0 Å². The first kappa shape index (κ1) is 12.6. The quantitative estimate of drug-likeness (QED) is 0.594. The van der Waals surface area contributed by atoms with Crippen LogP contribution in [0.2, 0.25) is 0 Å². The lowest BCUT2D eigenvalue weighted by molar-refractivity contribution is 0.415. The summed E-state index contributed by atoms with van der Waals surface area (Å²) in [6, 6.07) is 12.1. The first-order valence-electron chi connectivity index (χ1n) is 6.00. The number of ether oxygens (including phenoxy) is 1. The van der Waals surface area contributed by atoms with Gasteiger partial charge in [0, 0.05) is 0 Å². The summed E-state index contributed by atoms with van der Waals surface area (Å²) in [5.74, 6) is 0.851. The van der Waals surface area contributed by atoms with Gasteiger partial charge >= 0.3 is 0 Å². The summed E-state index contributed by atoms with van der Waals surface area (Å²) < 4.78 is 7.18. The molecule has 0 saturated heterocycles. The van der Waals surface area contributed by atoms with Crippen LogP contribution in [-0.2, 0) is 0 Å². The minimum absolute atomic E-state index is 0.465. The van der Waals surface area contributed by atoms with E-state index < -0.39 is 0 Å². The summed E-state index contributed by atoms with van der Waals surface area (Å²) >= 11 is 5.02. The van der Waals surface area contributed by atoms with Crippen LogP contribution in [0.15, 0.2) is 47.8 Å². The fourth-order valence-corrected chi connectivity index (χ4v) is 2.05. The van der Waals surface area contributed by atoms with Crippen molar-refractivity contribution in [3.8, 4) is 5.75 Å². The molecule has 0 aliphatic rings. The minimum Gasteiger partial charge on any atom is -0.497 e. The van der Waals surface area contributed by atoms with Gasteiger partial charge in [-0.05, 0) is 46.8 Å². The van der Waals surface area contributed by atoms with Gasteiger partial charge in [0.15, 0.2) is 0 Å². The predicted octanol–water partition coefficient (Wildman–Crippen LogP) is 2.98. The molecule has 5 nitrogen and oxygen atoms in total. The van der Waals surface area contributed by atoms with Crippen LogP contribution in [-0.4, -0.2) is 28.2 Å². The van der Waals surface area contributed by atoms with Gasteiger partial charge < -0.3 is 4.74 Å². The van der Waals surface area contributed by atoms with Gasteiger partial charge in [0.1, 0.15) is 12.1 Å². The molecule has 6 heteroatoms. The molecular weight excluding hydrogens is 272 g/mol. The zero-order chi connectivity index (χ0) is 13.9. The Morgan fingerprint density at radius 3 is 2.80 bits per heavy atom. The average molecular weight is 284 g/mol. The molecule has 0 atom stereocenters. The fourth-order valence-electron chi connectivity index (χ4n) is 1.90. The van der Waals surface area contributed by atoms with Gasteiger partial charge in [-0.3, -0.25) is 5.10 Å². The molecule has 0 bridgehead atoms. The average Bonchev–Trinajstić information content (AvgIpc) is 2.89. The molecule has 100 valence electrons. The molecule has 0 radical (unpaired) electrons. The van der Waals surface area contributed by atoms with E-state index in [2.05, 4.69) is 21.4 Å². The maximum absolute atomic E-state index is 5.21. The van der Waals surface area contributed by atoms with E-state index in [0.29, 0.717) is 4.77 Å². The van der Waals surface area contributed by atoms with E-state index in [1.54, 1.807) is 13.3 Å². The first-order valence-corrected chi connectivity index (χ1v) is 6.41. The summed E-state index contributed by atoms with van der Waals surface area (Å²) in [5.41, 5.74) is 0.991. The minimum atomic E-state index is 0.465. The van der Waals surface area contributed by atoms with Crippen LogP contribution in [0.3, 0.4) is 0 Å². The van der Waals surface area contributed by atoms with Crippen LogP contribution in [0, 0.1) is 4.77 Å². The third-order valence-electron chi connectivity index (χ3n) is 2.94. The molecule has 0 fully saturated rings. The van der Waals surface area contributed by atoms with Crippen molar-refractivity contribution in [2.24, 2.45) is 5.10 Å². The second-order valence-corrected chi connectivity index (χ2v) is 4.61. The summed E-state index contributed by atoms with van der Waals surface area (Å²) in [5, 5.41) is 13.0. The molecule has 0 unspecified atom stereocenters. The number of benzene rings is 2. The molecule has 1 N–H and O–H groups in total. The van der Waals surface area contributed by atoms with Crippen LogP contribution in [0.4, 0.5) is 0 Å². The van der Waals surface area contributed by atoms with Crippen LogP contribution in [0.5, 0.6) is 5.75 Å². The van der Waals surface area contributed by atoms with E-state index in [4.69, 9.17) is 17.0 Å². The van der Waals surface area contributed by atoms with Gasteiger partial charge in [0.2, 0.25) is 4.77 Å². The normalized spacial score (nSPS) is 11.2. The fraction of sp³-hybridized carbons (Fsp3) is 0.0714. The van der Waals surface area contributed by atoms with Crippen LogP contribution in [0.25, 0.3) is 10.8 Å². The van der Waals surface area contributed by atoms with Gasteiger partial charge in [0.25, 0.3) is 0 Å². The Balaban J connectivity index is 1.95. The number of hydrogen-bond donors (Lipinski definition) is 1. The van der Waals surface area contributed by atoms with E-state index in [1.165, 1.54) is 11.0 Å². The Bertz CT molecular complexity index is 834. The first-order chi connectivity index (χ1) is 9.76. The maximum atomic E-state index is 5.21. The Morgan fingerprint density at radius 1 is 1.25 bits per heavy atom. The Hall–Kier alpha value is -2.47. The Kier molecular flexibility index (Phi) is 3.30. The number of methoxy groups -OCH3 is 1. The van der Waals surface area contributed by atoms with E-state index in [0.717, 1.165) is 22.1 Å². The second kappa shape index (κ2) is 5.26. The highest BCUT2D eigenvalue weighted by molar-refractivity contribution is 7.71. The van der Waals surface area contributed by atoms with Crippen molar-refractivity contribution in [3.63, 3.8) is 0 Å². The maximum Gasteiger partial charge on any atom is 0.216 e. The zero-order valence-corrected chi connectivity index (χ0v) is 11.6. The highest BCUT2D eigenvalue weighted by atomic mass is 32.1. The van der Waals surface area contributed by atoms with Crippen molar-refractivity contribution in [1.29, 1.82) is 0 Å². The Morgan fingerprint density at radius 2 is 2.05 bits per heavy atom. The van der Waals surface area contributed by atoms with Crippen molar-refractivity contribution in [2.45, 2.75) is 0 Å². The van der Waals surface area contributed by atoms with E-state index in [1.807, 2.05) is 30.3 Å². The molecule has 2 aromatic carbocycles. The molecule has 1 heterocycles. The number of aromatic amines is 1. The van der Waals surface area contributed by atoms with Crippen molar-refractivity contribution in [2.75, 3.05) is 7.11 Å². The van der Waals surface area contributed by atoms with Crippen molar-refractivity contribution >= 4 is 29.2 Å². The van der Waals surface area contributed by atoms with Gasteiger partial charge in [-0.15, -0.1) is 0 Å². The molecule has 0 aliphatic heterocycles. The summed E-state index contributed by atoms with van der Waals surface area (Å²) in [6.45, 7) is 0. The molecule has 0 amide bonds. The third kappa shape index (κ3) is 2.46. The summed E-state index contributed by atoms with van der Waals surface area (Å²) in [6.07, 6.45) is 3.28. The van der Waals surface area contributed by atoms with E-state index in [9.17, 15) is 0 Å². The lowest BCUT2D eigenvalue weighted by Crippen LogP contribution is -1.89. The van der Waals surface area contributed by atoms with Crippen molar-refractivity contribution in [1.82, 2.24) is 14.9 Å². The summed E-state index contributed by atoms with van der Waals surface area (Å²) in [4.78, 5) is 0. The van der Waals surface area contributed by atoms with Crippen LogP contribution >= 0.6 is 12.2 Å². The molecule has 1 aromatic heterocycles. The predicted molar refractivity (Wildman–Crippen MR) is 80.9 cm³/mol. The smallest absolute Gasteiger partial charge is 0.216 e. The molecule has 3 aromatic rings. The van der Waals surface area contributed by atoms with Gasteiger partial charge in [0.05, 0.1) is 13.3 Å². The molecule has 3 rings (SSSR count). The molecule has 0 aliphatic carbocycles. The van der Waals surface area contributed by atoms with Crippen LogP contribution < -0.4 is 4.74 Å². The third-order valence-corrected chi connectivity index (χ3v) is 3.22. The number of nitrogens with one attached hydrogen (secondary N) is 1.